The van der Waals surface area contributed by atoms with E-state index in [0.29, 0.717) is 36.1 Å². The van der Waals surface area contributed by atoms with Gasteiger partial charge in [0.05, 0.1) is 26.3 Å². The lowest BCUT2D eigenvalue weighted by Gasteiger charge is -2.45. The molecule has 9 N–H and O–H groups in total. The van der Waals surface area contributed by atoms with E-state index < -0.39 is 73.0 Å². The molecule has 1 aliphatic carbocycles. The standard InChI is InChI=1S/C38H44N4O13/c1-49-22-6-5-20-27-33(53-31(20)32(22)50-2)26-18(15-42-14-17-7-10-41-21(17)16-42)11-19(12-23(26)55-38(27)8-3-4-9-38)51-37-30(48)28(46)29(47)34(54-37)35(36(39)40)52-25(45)13-24(43)44/h5-7,10-12,16,27-30,33-37,46-48H,3-4,8-9,13-15,39-40H2,1-2H3,(H,43,44)/p+1/t27-,28-,29-,30+,33-,34-,35-,37+/m0/s1. The lowest BCUT2D eigenvalue weighted by molar-refractivity contribution is -0.851. The van der Waals surface area contributed by atoms with E-state index in [-0.39, 0.29) is 11.7 Å². The Morgan fingerprint density at radius 2 is 1.85 bits per heavy atom. The first-order valence-corrected chi connectivity index (χ1v) is 18.3. The number of allylic oxidation sites excluding steroid dienone is 1. The number of aliphatic imine (C=N–C) groups is 1. The largest absolute Gasteiger partial charge is 0.493 e. The van der Waals surface area contributed by atoms with Crippen LogP contribution in [0, 0.1) is 0 Å². The van der Waals surface area contributed by atoms with Crippen molar-refractivity contribution in [3.63, 3.8) is 0 Å². The SMILES string of the molecule is COc1ccc2c(c1OC)O[C@H]1c3c(C[NH+]4C=C5N=CC=C5C4)cc(O[C@@H]4O[C@H]([C@H](OC(=O)CC(=O)O)C(N)N)[C@@H](O)[C@H](O)[C@H]4O)cc3OC3(CCCC3)[C@@H]21. The van der Waals surface area contributed by atoms with Gasteiger partial charge in [-0.3, -0.25) is 19.5 Å². The van der Waals surface area contributed by atoms with Crippen molar-refractivity contribution in [2.24, 2.45) is 16.5 Å². The van der Waals surface area contributed by atoms with Crippen LogP contribution in [0.3, 0.4) is 0 Å². The molecule has 2 aromatic rings. The number of nitrogens with one attached hydrogen (secondary N) is 1. The highest BCUT2D eigenvalue weighted by molar-refractivity contribution is 5.90. The number of aliphatic hydroxyl groups is 3. The number of quaternary nitrogens is 1. The number of carboxylic acids is 1. The number of carbonyl (C=O) groups is 2. The van der Waals surface area contributed by atoms with Gasteiger partial charge in [0.15, 0.2) is 17.6 Å². The van der Waals surface area contributed by atoms with Gasteiger partial charge in [0.25, 0.3) is 0 Å². The minimum Gasteiger partial charge on any atom is -0.493 e. The Balaban J connectivity index is 1.18. The fourth-order valence-corrected chi connectivity index (χ4v) is 8.93. The number of ether oxygens (including phenoxy) is 7. The molecular formula is C38H45N4O13+. The van der Waals surface area contributed by atoms with Crippen LogP contribution >= 0.6 is 0 Å². The summed E-state index contributed by atoms with van der Waals surface area (Å²) >= 11 is 0. The van der Waals surface area contributed by atoms with Crippen molar-refractivity contribution in [1.29, 1.82) is 0 Å². The number of carboxylic acid groups (broad SMARTS) is 1. The number of rotatable bonds is 11. The number of methoxy groups -OCH3 is 2. The normalized spacial score (nSPS) is 30.0. The average molecular weight is 766 g/mol. The first kappa shape index (κ1) is 37.2. The second-order valence-electron chi connectivity index (χ2n) is 14.8. The molecule has 0 amide bonds. The van der Waals surface area contributed by atoms with Crippen LogP contribution in [-0.4, -0.2) is 108 Å². The molecular weight excluding hydrogens is 720 g/mol. The van der Waals surface area contributed by atoms with Gasteiger partial charge in [0.1, 0.15) is 79.0 Å². The molecule has 2 fully saturated rings. The van der Waals surface area contributed by atoms with Gasteiger partial charge in [-0.1, -0.05) is 6.07 Å². The van der Waals surface area contributed by atoms with Crippen LogP contribution in [0.4, 0.5) is 0 Å². The molecule has 1 saturated carbocycles. The minimum absolute atomic E-state index is 0.163. The Labute approximate surface area is 315 Å². The van der Waals surface area contributed by atoms with Crippen LogP contribution in [0.5, 0.6) is 28.7 Å². The highest BCUT2D eigenvalue weighted by atomic mass is 16.7. The maximum atomic E-state index is 12.3. The number of carbonyl (C=O) groups excluding carboxylic acids is 1. The molecule has 8 rings (SSSR count). The van der Waals surface area contributed by atoms with E-state index in [1.54, 1.807) is 32.6 Å². The number of hydrogen-bond donors (Lipinski definition) is 7. The Morgan fingerprint density at radius 3 is 2.55 bits per heavy atom. The van der Waals surface area contributed by atoms with Gasteiger partial charge in [-0.05, 0) is 43.9 Å². The van der Waals surface area contributed by atoms with E-state index in [2.05, 4.69) is 11.2 Å². The van der Waals surface area contributed by atoms with E-state index >= 15 is 0 Å². The fraction of sp³-hybridized carbons (Fsp3) is 0.500. The van der Waals surface area contributed by atoms with E-state index in [0.717, 1.165) is 58.5 Å². The number of esters is 1. The number of hydrogen-bond acceptors (Lipinski definition) is 15. The van der Waals surface area contributed by atoms with Crippen LogP contribution in [-0.2, 0) is 25.6 Å². The number of benzene rings is 2. The first-order chi connectivity index (χ1) is 26.4. The molecule has 0 radical (unpaired) electrons. The second kappa shape index (κ2) is 14.4. The smallest absolute Gasteiger partial charge is 0.317 e. The van der Waals surface area contributed by atoms with Crippen LogP contribution in [0.2, 0.25) is 0 Å². The predicted molar refractivity (Wildman–Crippen MR) is 190 cm³/mol. The summed E-state index contributed by atoms with van der Waals surface area (Å²) in [6.07, 6.45) is -3.97. The van der Waals surface area contributed by atoms with Crippen molar-refractivity contribution < 1.29 is 68.1 Å². The molecule has 2 aromatic carbocycles. The molecule has 1 unspecified atom stereocenters. The summed E-state index contributed by atoms with van der Waals surface area (Å²) in [5.74, 6) is -0.441. The number of nitrogens with zero attached hydrogens (tertiary/aromatic N) is 1. The number of nitrogens with two attached hydrogens (primary N) is 2. The second-order valence-corrected chi connectivity index (χ2v) is 14.8. The Kier molecular flexibility index (Phi) is 9.73. The van der Waals surface area contributed by atoms with E-state index in [9.17, 15) is 24.9 Å². The van der Waals surface area contributed by atoms with Crippen molar-refractivity contribution in [3.05, 3.63) is 64.5 Å². The summed E-state index contributed by atoms with van der Waals surface area (Å²) in [6.45, 7) is 1.16. The first-order valence-electron chi connectivity index (χ1n) is 18.3. The lowest BCUT2D eigenvalue weighted by atomic mass is 9.73. The summed E-state index contributed by atoms with van der Waals surface area (Å²) in [5, 5.41) is 42.0. The van der Waals surface area contributed by atoms with Crippen molar-refractivity contribution >= 4 is 18.2 Å². The molecule has 1 saturated heterocycles. The molecule has 0 bridgehead atoms. The fourth-order valence-electron chi connectivity index (χ4n) is 8.93. The minimum atomic E-state index is -1.86. The summed E-state index contributed by atoms with van der Waals surface area (Å²) in [5.41, 5.74) is 15.8. The Bertz CT molecular complexity index is 1960. The third-order valence-corrected chi connectivity index (χ3v) is 11.3. The summed E-state index contributed by atoms with van der Waals surface area (Å²) in [7, 11) is 3.16. The Hall–Kier alpha value is -4.75. The third-order valence-electron chi connectivity index (χ3n) is 11.3. The van der Waals surface area contributed by atoms with Crippen LogP contribution < -0.4 is 40.1 Å². The monoisotopic (exact) mass is 765 g/mol. The van der Waals surface area contributed by atoms with Gasteiger partial charge in [-0.25, -0.2) is 0 Å². The topological polar surface area (TPSA) is 249 Å². The molecule has 17 heteroatoms. The number of aliphatic carboxylic acids is 1. The maximum Gasteiger partial charge on any atom is 0.317 e. The number of fused-ring (bicyclic) bond motifs is 7. The van der Waals surface area contributed by atoms with E-state index in [4.69, 9.17) is 49.7 Å². The maximum absolute atomic E-state index is 12.3. The zero-order valence-electron chi connectivity index (χ0n) is 30.3. The van der Waals surface area contributed by atoms with Gasteiger partial charge in [0, 0.05) is 34.5 Å². The summed E-state index contributed by atoms with van der Waals surface area (Å²) < 4.78 is 42.9. The molecule has 0 aromatic heterocycles. The van der Waals surface area contributed by atoms with Gasteiger partial charge in [-0.15, -0.1) is 0 Å². The lowest BCUT2D eigenvalue weighted by Crippen LogP contribution is -3.04. The highest BCUT2D eigenvalue weighted by Gasteiger charge is 2.58. The predicted octanol–water partition coefficient (Wildman–Crippen LogP) is -0.307. The van der Waals surface area contributed by atoms with Gasteiger partial charge in [-0.2, -0.15) is 0 Å². The molecule has 5 aliphatic heterocycles. The van der Waals surface area contributed by atoms with E-state index in [1.165, 1.54) is 0 Å². The zero-order valence-corrected chi connectivity index (χ0v) is 30.3. The van der Waals surface area contributed by atoms with Gasteiger partial charge >= 0.3 is 11.9 Å². The quantitative estimate of drug-likeness (QED) is 0.0881. The highest BCUT2D eigenvalue weighted by Crippen LogP contribution is 2.64. The molecule has 1 spiro atoms. The van der Waals surface area contributed by atoms with Crippen molar-refractivity contribution in [1.82, 2.24) is 0 Å². The third kappa shape index (κ3) is 6.48. The van der Waals surface area contributed by atoms with Crippen LogP contribution in [0.25, 0.3) is 0 Å². The average Bonchev–Trinajstić information content (AvgIpc) is 3.94. The Morgan fingerprint density at radius 1 is 1.07 bits per heavy atom. The molecule has 294 valence electrons. The zero-order chi connectivity index (χ0) is 38.8. The van der Waals surface area contributed by atoms with Crippen LogP contribution in [0.15, 0.2) is 52.8 Å². The van der Waals surface area contributed by atoms with Crippen LogP contribution in [0.1, 0.15) is 60.8 Å². The molecule has 6 aliphatic rings. The summed E-state index contributed by atoms with van der Waals surface area (Å²) in [6, 6.07) is 7.40. The number of aliphatic hydroxyl groups excluding tert-OH is 3. The van der Waals surface area contributed by atoms with Crippen molar-refractivity contribution in [2.75, 3.05) is 20.8 Å². The molecule has 9 atom stereocenters. The van der Waals surface area contributed by atoms with Crippen molar-refractivity contribution in [3.8, 4) is 28.7 Å². The molecule has 5 heterocycles. The van der Waals surface area contributed by atoms with Gasteiger partial charge < -0.3 is 65.1 Å². The molecule has 17 nitrogen and oxygen atoms in total. The van der Waals surface area contributed by atoms with E-state index in [1.807, 2.05) is 18.2 Å². The summed E-state index contributed by atoms with van der Waals surface area (Å²) in [4.78, 5) is 29.0. The van der Waals surface area contributed by atoms with Gasteiger partial charge in [0.2, 0.25) is 12.0 Å². The molecule has 55 heavy (non-hydrogen) atoms. The van der Waals surface area contributed by atoms with Crippen molar-refractivity contribution in [2.45, 2.75) is 99.2 Å².